The molecule has 5 aromatic rings. The number of allylic oxidation sites excluding steroid dienone is 1. The molecule has 2 aromatic heterocycles. The molecule has 1 unspecified atom stereocenters. The van der Waals surface area contributed by atoms with Gasteiger partial charge in [0, 0.05) is 98.7 Å². The van der Waals surface area contributed by atoms with Gasteiger partial charge in [-0.2, -0.15) is 12.7 Å². The molecule has 0 spiro atoms. The average Bonchev–Trinajstić information content (AvgIpc) is 4.02. The van der Waals surface area contributed by atoms with Crippen LogP contribution in [0.5, 0.6) is 11.5 Å². The lowest BCUT2D eigenvalue weighted by Gasteiger charge is -2.36. The first-order chi connectivity index (χ1) is 30.8. The monoisotopic (exact) mass is 898 g/mol. The molecule has 3 N–H and O–H groups in total. The van der Waals surface area contributed by atoms with Crippen molar-refractivity contribution in [1.29, 1.82) is 0 Å². The van der Waals surface area contributed by atoms with Crippen molar-refractivity contribution in [3.05, 3.63) is 113 Å². The number of benzene rings is 3. The molecule has 2 amide bonds. The highest BCUT2D eigenvalue weighted by atomic mass is 32.2. The van der Waals surface area contributed by atoms with E-state index in [4.69, 9.17) is 9.47 Å². The number of nitrogens with one attached hydrogen (secondary N) is 3. The number of halogens is 3. The van der Waals surface area contributed by atoms with E-state index in [1.807, 2.05) is 41.1 Å². The molecule has 2 atom stereocenters. The second kappa shape index (κ2) is 17.3. The van der Waals surface area contributed by atoms with Gasteiger partial charge in [-0.05, 0) is 66.8 Å². The van der Waals surface area contributed by atoms with Crippen molar-refractivity contribution in [2.45, 2.75) is 38.0 Å². The highest BCUT2D eigenvalue weighted by Gasteiger charge is 2.40. The zero-order valence-electron chi connectivity index (χ0n) is 34.8. The van der Waals surface area contributed by atoms with Gasteiger partial charge in [-0.25, -0.2) is 18.2 Å². The van der Waals surface area contributed by atoms with Gasteiger partial charge < -0.3 is 29.6 Å². The Morgan fingerprint density at radius 3 is 2.50 bits per heavy atom. The van der Waals surface area contributed by atoms with Gasteiger partial charge in [0.15, 0.2) is 5.82 Å². The molecule has 3 saturated heterocycles. The van der Waals surface area contributed by atoms with Crippen LogP contribution in [0.25, 0.3) is 22.2 Å². The van der Waals surface area contributed by atoms with Gasteiger partial charge >= 0.3 is 10.2 Å². The molecule has 4 aliphatic heterocycles. The normalized spacial score (nSPS) is 19.6. The van der Waals surface area contributed by atoms with Crippen LogP contribution >= 0.6 is 0 Å². The number of amides is 2. The van der Waals surface area contributed by atoms with Crippen molar-refractivity contribution in [2.75, 3.05) is 69.2 Å². The maximum Gasteiger partial charge on any atom is 0.301 e. The number of fused-ring (bicyclic) bond motifs is 2. The molecule has 3 aromatic carbocycles. The standard InChI is InChI=1S/C45H45F3N8O7S/c1-26-3-10-37(44(58)51-26)56-24-29-19-31(21-38(62-2)39(29)45(56)59)54-15-13-53(14-16-54)17-18-63-32-6-4-27(5-7-32)28-20-33-34(23-50-43(33)49-22-28)42(57)40-35(47)8-9-36(41(40)48)52-64(60,61)55-12-11-30(46)25-55/h4-9,19-23,30,37,52H,1,3,10-18,24-25H2,2H3,(H,49,50)(H,51,58)/t30-,37?/m1/s1. The van der Waals surface area contributed by atoms with Crippen LogP contribution < -0.4 is 24.4 Å². The highest BCUT2D eigenvalue weighted by molar-refractivity contribution is 7.90. The summed E-state index contributed by atoms with van der Waals surface area (Å²) in [6.07, 6.45) is 2.69. The summed E-state index contributed by atoms with van der Waals surface area (Å²) < 4.78 is 84.7. The van der Waals surface area contributed by atoms with E-state index >= 15 is 8.78 Å². The van der Waals surface area contributed by atoms with Crippen molar-refractivity contribution in [1.82, 2.24) is 29.4 Å². The number of ketones is 1. The molecular formula is C45H45F3N8O7S. The first kappa shape index (κ1) is 42.8. The highest BCUT2D eigenvalue weighted by Crippen LogP contribution is 2.38. The Hall–Kier alpha value is -6.44. The predicted molar refractivity (Wildman–Crippen MR) is 232 cm³/mol. The number of carbonyl (C=O) groups excluding carboxylic acids is 3. The van der Waals surface area contributed by atoms with E-state index in [-0.39, 0.29) is 30.3 Å². The fraction of sp³-hybridized carbons (Fsp3) is 0.333. The van der Waals surface area contributed by atoms with Crippen LogP contribution in [-0.2, 0) is 21.5 Å². The molecule has 3 fully saturated rings. The molecule has 15 nitrogen and oxygen atoms in total. The van der Waals surface area contributed by atoms with E-state index in [9.17, 15) is 27.2 Å². The number of pyridine rings is 1. The smallest absolute Gasteiger partial charge is 0.301 e. The minimum Gasteiger partial charge on any atom is -0.496 e. The number of hydrogen-bond donors (Lipinski definition) is 3. The number of piperidine rings is 1. The van der Waals surface area contributed by atoms with Crippen LogP contribution in [0.3, 0.4) is 0 Å². The lowest BCUT2D eigenvalue weighted by molar-refractivity contribution is -0.126. The third-order valence-corrected chi connectivity index (χ3v) is 13.8. The molecule has 0 radical (unpaired) electrons. The Balaban J connectivity index is 0.802. The summed E-state index contributed by atoms with van der Waals surface area (Å²) in [4.78, 5) is 53.4. The minimum atomic E-state index is -4.36. The Labute approximate surface area is 367 Å². The second-order valence-corrected chi connectivity index (χ2v) is 17.9. The quantitative estimate of drug-likeness (QED) is 0.130. The van der Waals surface area contributed by atoms with Crippen molar-refractivity contribution < 1.29 is 45.4 Å². The van der Waals surface area contributed by atoms with E-state index in [0.717, 1.165) is 59.4 Å². The van der Waals surface area contributed by atoms with E-state index in [0.29, 0.717) is 71.9 Å². The molecule has 9 rings (SSSR count). The average molecular weight is 899 g/mol. The Bertz CT molecular complexity index is 2800. The van der Waals surface area contributed by atoms with Gasteiger partial charge in [-0.15, -0.1) is 0 Å². The van der Waals surface area contributed by atoms with Gasteiger partial charge in [-0.1, -0.05) is 18.7 Å². The topological polar surface area (TPSA) is 170 Å². The number of ether oxygens (including phenoxy) is 2. The van der Waals surface area contributed by atoms with Gasteiger partial charge in [0.05, 0.1) is 23.9 Å². The van der Waals surface area contributed by atoms with Gasteiger partial charge in [-0.3, -0.25) is 24.0 Å². The molecule has 0 bridgehead atoms. The van der Waals surface area contributed by atoms with Crippen molar-refractivity contribution in [2.24, 2.45) is 0 Å². The number of anilines is 2. The molecule has 6 heterocycles. The Kier molecular flexibility index (Phi) is 11.6. The zero-order chi connectivity index (χ0) is 44.9. The lowest BCUT2D eigenvalue weighted by Crippen LogP contribution is -2.49. The summed E-state index contributed by atoms with van der Waals surface area (Å²) in [6.45, 7) is 7.93. The van der Waals surface area contributed by atoms with E-state index in [1.54, 1.807) is 24.3 Å². The fourth-order valence-electron chi connectivity index (χ4n) is 8.78. The Morgan fingerprint density at radius 2 is 1.78 bits per heavy atom. The van der Waals surface area contributed by atoms with Gasteiger partial charge in [0.2, 0.25) is 11.7 Å². The second-order valence-electron chi connectivity index (χ2n) is 16.3. The number of nitrogens with zero attached hydrogens (tertiary/aromatic N) is 5. The number of hydrogen-bond acceptors (Lipinski definition) is 10. The van der Waals surface area contributed by atoms with Gasteiger partial charge in [0.1, 0.15) is 41.8 Å². The van der Waals surface area contributed by atoms with Gasteiger partial charge in [0.25, 0.3) is 5.91 Å². The number of aromatic nitrogens is 2. The maximum absolute atomic E-state index is 15.7. The van der Waals surface area contributed by atoms with E-state index in [2.05, 4.69) is 31.7 Å². The first-order valence-electron chi connectivity index (χ1n) is 20.9. The number of carbonyl (C=O) groups is 3. The fourth-order valence-corrected chi connectivity index (χ4v) is 10.0. The minimum absolute atomic E-state index is 0.00335. The molecule has 19 heteroatoms. The zero-order valence-corrected chi connectivity index (χ0v) is 35.7. The first-order valence-corrected chi connectivity index (χ1v) is 22.3. The third-order valence-electron chi connectivity index (χ3n) is 12.3. The van der Waals surface area contributed by atoms with Crippen LogP contribution in [0.15, 0.2) is 79.3 Å². The molecule has 334 valence electrons. The molecule has 0 saturated carbocycles. The van der Waals surface area contributed by atoms with E-state index in [1.165, 1.54) is 6.20 Å². The summed E-state index contributed by atoms with van der Waals surface area (Å²) in [5, 5.41) is 3.08. The van der Waals surface area contributed by atoms with Crippen LogP contribution in [-0.4, -0.2) is 122 Å². The summed E-state index contributed by atoms with van der Waals surface area (Å²) >= 11 is 0. The number of aromatic amines is 1. The molecular weight excluding hydrogens is 854 g/mol. The molecule has 0 aliphatic carbocycles. The lowest BCUT2D eigenvalue weighted by atomic mass is 10.00. The number of methoxy groups -OCH3 is 1. The van der Waals surface area contributed by atoms with Crippen LogP contribution in [0, 0.1) is 11.6 Å². The van der Waals surface area contributed by atoms with Crippen molar-refractivity contribution in [3.63, 3.8) is 0 Å². The number of rotatable bonds is 13. The van der Waals surface area contributed by atoms with E-state index < -0.39 is 57.6 Å². The summed E-state index contributed by atoms with van der Waals surface area (Å²) in [5.41, 5.74) is 2.98. The number of H-pyrrole nitrogens is 1. The third kappa shape index (κ3) is 8.25. The molecule has 4 aliphatic rings. The molecule has 64 heavy (non-hydrogen) atoms. The van der Waals surface area contributed by atoms with Crippen LogP contribution in [0.2, 0.25) is 0 Å². The summed E-state index contributed by atoms with van der Waals surface area (Å²) in [5.74, 6) is -2.87. The Morgan fingerprint density at radius 1 is 1.00 bits per heavy atom. The summed E-state index contributed by atoms with van der Waals surface area (Å²) in [7, 11) is -2.81. The number of piperazine rings is 1. The maximum atomic E-state index is 15.7. The van der Waals surface area contributed by atoms with Crippen LogP contribution in [0.4, 0.5) is 24.5 Å². The van der Waals surface area contributed by atoms with Crippen LogP contribution in [0.1, 0.15) is 51.1 Å². The SMILES string of the molecule is C=C1CCC(N2Cc3cc(N4CCN(CCOc5ccc(-c6cnc7[nH]cc(C(=O)c8c(F)ccc(NS(=O)(=O)N9CC[C@@H](F)C9)c8F)c7c6)cc5)CC4)cc(OC)c3C2=O)C(=O)N1. The largest absolute Gasteiger partial charge is 0.496 e. The summed E-state index contributed by atoms with van der Waals surface area (Å²) in [6, 6.07) is 14.0. The predicted octanol–water partition coefficient (Wildman–Crippen LogP) is 5.40. The van der Waals surface area contributed by atoms with Crippen molar-refractivity contribution in [3.8, 4) is 22.6 Å². The van der Waals surface area contributed by atoms with Crippen molar-refractivity contribution >= 4 is 50.2 Å². The number of alkyl halides is 1.